The van der Waals surface area contributed by atoms with Gasteiger partial charge in [-0.1, -0.05) is 109 Å². The van der Waals surface area contributed by atoms with Gasteiger partial charge in [0.15, 0.2) is 0 Å². The zero-order chi connectivity index (χ0) is 19.4. The van der Waals surface area contributed by atoms with Crippen LogP contribution in [0.1, 0.15) is 128 Å². The molecule has 1 rings (SSSR count). The van der Waals surface area contributed by atoms with E-state index in [4.69, 9.17) is 4.74 Å². The van der Waals surface area contributed by atoms with E-state index >= 15 is 0 Å². The lowest BCUT2D eigenvalue weighted by molar-refractivity contribution is -0.858. The Balaban J connectivity index is 0.00000729. The van der Waals surface area contributed by atoms with Crippen LogP contribution in [0, 0.1) is 0 Å². The Kier molecular flexibility index (Phi) is 22.4. The summed E-state index contributed by atoms with van der Waals surface area (Å²) >= 11 is 0. The highest BCUT2D eigenvalue weighted by Crippen LogP contribution is 2.18. The lowest BCUT2D eigenvalue weighted by Crippen LogP contribution is -3.05. The average Bonchev–Trinajstić information content (AvgIpc) is 3.47. The van der Waals surface area contributed by atoms with Gasteiger partial charge in [-0.05, 0) is 19.3 Å². The Morgan fingerprint density at radius 1 is 0.536 bits per heavy atom. The minimum atomic E-state index is 0. The van der Waals surface area contributed by atoms with Crippen molar-refractivity contribution >= 4 is 0 Å². The molecule has 0 saturated carbocycles. The van der Waals surface area contributed by atoms with E-state index in [1.165, 1.54) is 135 Å². The van der Waals surface area contributed by atoms with Crippen molar-refractivity contribution in [2.75, 3.05) is 27.2 Å². The van der Waals surface area contributed by atoms with Crippen molar-refractivity contribution in [3.8, 4) is 0 Å². The van der Waals surface area contributed by atoms with Gasteiger partial charge in [0.2, 0.25) is 0 Å². The van der Waals surface area contributed by atoms with E-state index in [-0.39, 0.29) is 17.0 Å². The van der Waals surface area contributed by atoms with Gasteiger partial charge in [0.25, 0.3) is 0 Å². The molecule has 0 spiro atoms. The highest BCUT2D eigenvalue weighted by Gasteiger charge is 2.20. The number of unbranched alkanes of at least 4 members (excludes halogenated alkanes) is 18. The molecule has 1 aliphatic rings. The zero-order valence-corrected chi connectivity index (χ0v) is 21.0. The topological polar surface area (TPSA) is 17.0 Å². The molecule has 28 heavy (non-hydrogen) atoms. The molecular weight excluding hydrogens is 410 g/mol. The number of ether oxygens (including phenoxy) is 1. The molecule has 1 N–H and O–H groups in total. The van der Waals surface area contributed by atoms with Crippen molar-refractivity contribution in [1.82, 2.24) is 0 Å². The number of rotatable bonds is 22. The van der Waals surface area contributed by atoms with Crippen LogP contribution >= 0.6 is 0 Å². The van der Waals surface area contributed by atoms with E-state index in [0.29, 0.717) is 6.10 Å². The van der Waals surface area contributed by atoms with Crippen molar-refractivity contribution in [1.29, 1.82) is 0 Å². The van der Waals surface area contributed by atoms with Crippen LogP contribution in [0.15, 0.2) is 0 Å². The van der Waals surface area contributed by atoms with Crippen molar-refractivity contribution in [3.05, 3.63) is 0 Å². The maximum atomic E-state index is 5.25. The molecule has 3 heteroatoms. The van der Waals surface area contributed by atoms with Crippen LogP contribution < -0.4 is 21.9 Å². The molecule has 0 aliphatic carbocycles. The van der Waals surface area contributed by atoms with Crippen LogP contribution in [-0.4, -0.2) is 33.4 Å². The molecule has 0 aromatic rings. The minimum absolute atomic E-state index is 0. The van der Waals surface area contributed by atoms with Crippen LogP contribution in [0.3, 0.4) is 0 Å². The van der Waals surface area contributed by atoms with Crippen molar-refractivity contribution < 1.29 is 26.6 Å². The Morgan fingerprint density at radius 3 is 1.11 bits per heavy atom. The van der Waals surface area contributed by atoms with Gasteiger partial charge in [-0.2, -0.15) is 0 Å². The summed E-state index contributed by atoms with van der Waals surface area (Å²) in [7, 11) is 4.52. The maximum absolute atomic E-state index is 5.25. The second-order valence-electron chi connectivity index (χ2n) is 9.42. The quantitative estimate of drug-likeness (QED) is 0.193. The molecule has 1 aliphatic heterocycles. The highest BCUT2D eigenvalue weighted by atomic mass is 79.9. The van der Waals surface area contributed by atoms with Crippen LogP contribution in [0.4, 0.5) is 0 Å². The fraction of sp³-hybridized carbons (Fsp3) is 1.00. The fourth-order valence-corrected chi connectivity index (χ4v) is 4.09. The van der Waals surface area contributed by atoms with E-state index in [2.05, 4.69) is 14.1 Å². The summed E-state index contributed by atoms with van der Waals surface area (Å²) in [6.45, 7) is 2.38. The number of hydrogen-bond donors (Lipinski definition) is 1. The maximum Gasteiger partial charge on any atom is 0.0810 e. The molecule has 0 bridgehead atoms. The van der Waals surface area contributed by atoms with Gasteiger partial charge < -0.3 is 26.6 Å². The van der Waals surface area contributed by atoms with Crippen LogP contribution in [0.25, 0.3) is 0 Å². The van der Waals surface area contributed by atoms with E-state index in [1.807, 2.05) is 0 Å². The molecule has 1 atom stereocenters. The normalized spacial score (nSPS) is 15.8. The molecule has 0 aromatic heterocycles. The largest absolute Gasteiger partial charge is 1.00 e. The van der Waals surface area contributed by atoms with Crippen molar-refractivity contribution in [3.63, 3.8) is 0 Å². The Morgan fingerprint density at radius 2 is 0.821 bits per heavy atom. The van der Waals surface area contributed by atoms with Crippen LogP contribution in [0.2, 0.25) is 0 Å². The fourth-order valence-electron chi connectivity index (χ4n) is 4.09. The minimum Gasteiger partial charge on any atom is -1.00 e. The molecule has 0 radical (unpaired) electrons. The third kappa shape index (κ3) is 22.7. The second kappa shape index (κ2) is 22.1. The monoisotopic (exact) mass is 461 g/mol. The van der Waals surface area contributed by atoms with Crippen LogP contribution in [0.5, 0.6) is 0 Å². The summed E-state index contributed by atoms with van der Waals surface area (Å²) in [5, 5.41) is 0. The Bertz CT molecular complexity index is 274. The SMILES string of the molecule is C[NH+](C)CCCCCCCCCCCCCCCCCCCCCC1CO1.[Br-]. The van der Waals surface area contributed by atoms with Gasteiger partial charge >= 0.3 is 0 Å². The standard InChI is InChI=1S/C25H51NO.BrH/c1-26(2)23-21-19-17-15-13-11-9-7-5-3-4-6-8-10-12-14-16-18-20-22-25-24-27-25;/h25H,3-24H2,1-2H3;1H. The van der Waals surface area contributed by atoms with Gasteiger partial charge in [0.05, 0.1) is 33.4 Å². The number of hydrogen-bond acceptors (Lipinski definition) is 1. The summed E-state index contributed by atoms with van der Waals surface area (Å²) in [5.74, 6) is 0. The summed E-state index contributed by atoms with van der Waals surface area (Å²) < 4.78 is 5.25. The molecular formula is C25H52BrNO. The summed E-state index contributed by atoms with van der Waals surface area (Å²) in [6.07, 6.45) is 29.7. The number of halogens is 1. The first-order chi connectivity index (χ1) is 13.3. The molecule has 1 fully saturated rings. The molecule has 170 valence electrons. The lowest BCUT2D eigenvalue weighted by Gasteiger charge is -2.06. The molecule has 1 heterocycles. The Labute approximate surface area is 188 Å². The molecule has 1 saturated heterocycles. The smallest absolute Gasteiger partial charge is 0.0810 e. The van der Waals surface area contributed by atoms with Crippen LogP contribution in [-0.2, 0) is 4.74 Å². The third-order valence-electron chi connectivity index (χ3n) is 6.11. The highest BCUT2D eigenvalue weighted by molar-refractivity contribution is 4.68. The molecule has 0 aromatic carbocycles. The van der Waals surface area contributed by atoms with E-state index < -0.39 is 0 Å². The summed E-state index contributed by atoms with van der Waals surface area (Å²) in [6, 6.07) is 0. The predicted molar refractivity (Wildman–Crippen MR) is 120 cm³/mol. The van der Waals surface area contributed by atoms with E-state index in [9.17, 15) is 0 Å². The number of epoxide rings is 1. The summed E-state index contributed by atoms with van der Waals surface area (Å²) in [4.78, 5) is 1.60. The van der Waals surface area contributed by atoms with E-state index in [0.717, 1.165) is 6.61 Å². The van der Waals surface area contributed by atoms with Gasteiger partial charge in [0.1, 0.15) is 0 Å². The lowest BCUT2D eigenvalue weighted by atomic mass is 10.0. The van der Waals surface area contributed by atoms with Crippen molar-refractivity contribution in [2.45, 2.75) is 135 Å². The Hall–Kier alpha value is 0.400. The number of quaternary nitrogens is 1. The molecule has 1 unspecified atom stereocenters. The van der Waals surface area contributed by atoms with Gasteiger partial charge in [0, 0.05) is 0 Å². The second-order valence-corrected chi connectivity index (χ2v) is 9.42. The third-order valence-corrected chi connectivity index (χ3v) is 6.11. The summed E-state index contributed by atoms with van der Waals surface area (Å²) in [5.41, 5.74) is 0. The number of nitrogens with one attached hydrogen (secondary N) is 1. The molecule has 2 nitrogen and oxygen atoms in total. The van der Waals surface area contributed by atoms with Gasteiger partial charge in [-0.25, -0.2) is 0 Å². The van der Waals surface area contributed by atoms with Gasteiger partial charge in [-0.15, -0.1) is 0 Å². The predicted octanol–water partition coefficient (Wildman–Crippen LogP) is 3.34. The zero-order valence-electron chi connectivity index (χ0n) is 19.4. The van der Waals surface area contributed by atoms with Crippen molar-refractivity contribution in [2.24, 2.45) is 0 Å². The first-order valence-electron chi connectivity index (χ1n) is 12.7. The first-order valence-corrected chi connectivity index (χ1v) is 12.7. The first kappa shape index (κ1) is 28.4. The van der Waals surface area contributed by atoms with Gasteiger partial charge in [-0.3, -0.25) is 0 Å². The average molecular weight is 463 g/mol. The molecule has 0 amide bonds. The van der Waals surface area contributed by atoms with E-state index in [1.54, 1.807) is 4.90 Å².